The Labute approximate surface area is 229 Å². The number of aliphatic hydroxyl groups excluding tert-OH is 1. The molecule has 2 aromatic rings. The summed E-state index contributed by atoms with van der Waals surface area (Å²) in [5, 5.41) is 23.5. The summed E-state index contributed by atoms with van der Waals surface area (Å²) in [7, 11) is 0. The van der Waals surface area contributed by atoms with Crippen molar-refractivity contribution in [2.24, 2.45) is 0 Å². The Morgan fingerprint density at radius 3 is 2.58 bits per heavy atom. The minimum Gasteiger partial charge on any atom is -0.391 e. The summed E-state index contributed by atoms with van der Waals surface area (Å²) in [4.78, 5) is 35.2. The Morgan fingerprint density at radius 1 is 1.24 bits per heavy atom. The summed E-state index contributed by atoms with van der Waals surface area (Å²) < 4.78 is 0. The molecule has 1 saturated heterocycles. The molecule has 38 heavy (non-hydrogen) atoms. The molecule has 2 aliphatic rings. The number of nitriles is 1. The van der Waals surface area contributed by atoms with Gasteiger partial charge in [-0.25, -0.2) is 0 Å². The second-order valence-electron chi connectivity index (χ2n) is 11.3. The first-order chi connectivity index (χ1) is 18.1. The monoisotopic (exact) mass is 537 g/mol. The Kier molecular flexibility index (Phi) is 8.59. The zero-order valence-electron chi connectivity index (χ0n) is 22.2. The number of hydrogen-bond donors (Lipinski definition) is 2. The molecule has 1 saturated carbocycles. The minimum absolute atomic E-state index is 0.0232. The highest BCUT2D eigenvalue weighted by molar-refractivity contribution is 6.34. The number of nitrogens with one attached hydrogen (secondary N) is 1. The number of pyridine rings is 1. The van der Waals surface area contributed by atoms with Crippen molar-refractivity contribution in [3.63, 3.8) is 0 Å². The Morgan fingerprint density at radius 2 is 1.97 bits per heavy atom. The number of anilines is 1. The number of β-amino-alcohol motifs (C(OH)–C–C–N with tert-alkyl or cyclic N) is 1. The van der Waals surface area contributed by atoms with E-state index in [-0.39, 0.29) is 30.3 Å². The van der Waals surface area contributed by atoms with Crippen molar-refractivity contribution in [3.05, 3.63) is 58.9 Å². The molecule has 2 N–H and O–H groups in total. The second kappa shape index (κ2) is 11.7. The van der Waals surface area contributed by atoms with Gasteiger partial charge in [-0.3, -0.25) is 24.4 Å². The molecule has 1 aliphatic heterocycles. The normalized spacial score (nSPS) is 21.0. The molecule has 0 bridgehead atoms. The molecule has 1 aliphatic carbocycles. The molecule has 1 aromatic heterocycles. The highest BCUT2D eigenvalue weighted by Gasteiger charge is 2.43. The van der Waals surface area contributed by atoms with Crippen molar-refractivity contribution in [2.75, 3.05) is 11.4 Å². The van der Waals surface area contributed by atoms with E-state index in [2.05, 4.69) is 31.1 Å². The van der Waals surface area contributed by atoms with Crippen molar-refractivity contribution in [3.8, 4) is 6.19 Å². The van der Waals surface area contributed by atoms with E-state index in [1.807, 2.05) is 18.3 Å². The molecule has 202 valence electrons. The van der Waals surface area contributed by atoms with Crippen molar-refractivity contribution >= 4 is 29.1 Å². The predicted molar refractivity (Wildman–Crippen MR) is 146 cm³/mol. The first kappa shape index (κ1) is 27.9. The van der Waals surface area contributed by atoms with Gasteiger partial charge in [0, 0.05) is 30.4 Å². The summed E-state index contributed by atoms with van der Waals surface area (Å²) in [6.07, 6.45) is 9.49. The lowest BCUT2D eigenvalue weighted by Crippen LogP contribution is -2.51. The van der Waals surface area contributed by atoms with Crippen LogP contribution in [0.5, 0.6) is 0 Å². The number of aliphatic hydroxyl groups is 1. The van der Waals surface area contributed by atoms with Gasteiger partial charge >= 0.3 is 0 Å². The van der Waals surface area contributed by atoms with Crippen LogP contribution in [0.1, 0.15) is 76.5 Å². The van der Waals surface area contributed by atoms with E-state index in [9.17, 15) is 20.0 Å². The maximum atomic E-state index is 14.3. The van der Waals surface area contributed by atoms with E-state index in [4.69, 9.17) is 11.6 Å². The Bertz CT molecular complexity index is 1190. The summed E-state index contributed by atoms with van der Waals surface area (Å²) >= 11 is 6.84. The van der Waals surface area contributed by atoms with Gasteiger partial charge in [0.1, 0.15) is 12.1 Å². The van der Waals surface area contributed by atoms with Crippen LogP contribution in [0.2, 0.25) is 5.02 Å². The van der Waals surface area contributed by atoms with Crippen LogP contribution in [0.4, 0.5) is 5.69 Å². The number of hydrogen-bond acceptors (Lipinski definition) is 6. The predicted octanol–water partition coefficient (Wildman–Crippen LogP) is 4.47. The van der Waals surface area contributed by atoms with Crippen LogP contribution in [0, 0.1) is 11.5 Å². The van der Waals surface area contributed by atoms with Gasteiger partial charge in [-0.15, -0.1) is 0 Å². The van der Waals surface area contributed by atoms with Gasteiger partial charge < -0.3 is 10.4 Å². The lowest BCUT2D eigenvalue weighted by Gasteiger charge is -2.36. The standard InChI is InChI=1S/C29H36ClN5O3/c1-29(2,3)20-11-12-24(23(30)14-20)35(28(38)25-15-22(36)17-34(25)18-31)26(19-8-7-13-32-16-19)27(37)33-21-9-5-4-6-10-21/h7-8,11-14,16,21-22,25-26,36H,4-6,9-10,15,17H2,1-3H3,(H,33,37). The van der Waals surface area contributed by atoms with Crippen molar-refractivity contribution < 1.29 is 14.7 Å². The number of carbonyl (C=O) groups excluding carboxylic acids is 2. The third kappa shape index (κ3) is 6.11. The lowest BCUT2D eigenvalue weighted by molar-refractivity contribution is -0.128. The van der Waals surface area contributed by atoms with Crippen LogP contribution in [0.3, 0.4) is 0 Å². The second-order valence-corrected chi connectivity index (χ2v) is 11.7. The van der Waals surface area contributed by atoms with E-state index < -0.39 is 24.1 Å². The fourth-order valence-electron chi connectivity index (χ4n) is 5.36. The van der Waals surface area contributed by atoms with Crippen molar-refractivity contribution in [2.45, 2.75) is 88.9 Å². The zero-order chi connectivity index (χ0) is 27.4. The smallest absolute Gasteiger partial charge is 0.251 e. The molecule has 2 heterocycles. The van der Waals surface area contributed by atoms with Gasteiger partial charge in [-0.2, -0.15) is 5.26 Å². The molecule has 8 nitrogen and oxygen atoms in total. The summed E-state index contributed by atoms with van der Waals surface area (Å²) in [6, 6.07) is 7.03. The van der Waals surface area contributed by atoms with Crippen molar-refractivity contribution in [1.29, 1.82) is 5.26 Å². The molecule has 3 atom stereocenters. The molecular formula is C29H36ClN5O3. The Balaban J connectivity index is 1.83. The number of likely N-dealkylation sites (tertiary alicyclic amines) is 1. The molecule has 4 rings (SSSR count). The van der Waals surface area contributed by atoms with Crippen molar-refractivity contribution in [1.82, 2.24) is 15.2 Å². The van der Waals surface area contributed by atoms with E-state index in [0.29, 0.717) is 16.3 Å². The van der Waals surface area contributed by atoms with Crippen LogP contribution in [0.25, 0.3) is 0 Å². The van der Waals surface area contributed by atoms with Crippen LogP contribution in [0.15, 0.2) is 42.7 Å². The molecule has 0 radical (unpaired) electrons. The highest BCUT2D eigenvalue weighted by Crippen LogP contribution is 2.38. The van der Waals surface area contributed by atoms with Gasteiger partial charge in [-0.05, 0) is 42.0 Å². The SMILES string of the molecule is CC(C)(C)c1ccc(N(C(=O)C2CC(O)CN2C#N)C(C(=O)NC2CCCCC2)c2cccnc2)c(Cl)c1. The van der Waals surface area contributed by atoms with E-state index in [1.54, 1.807) is 30.6 Å². The summed E-state index contributed by atoms with van der Waals surface area (Å²) in [5.74, 6) is -0.794. The molecule has 0 spiro atoms. The fourth-order valence-corrected chi connectivity index (χ4v) is 5.63. The average molecular weight is 538 g/mol. The number of nitrogens with zero attached hydrogens (tertiary/aromatic N) is 4. The third-order valence-corrected chi connectivity index (χ3v) is 7.76. The number of rotatable bonds is 6. The van der Waals surface area contributed by atoms with Gasteiger partial charge in [-0.1, -0.05) is 63.8 Å². The van der Waals surface area contributed by atoms with Crippen LogP contribution in [-0.2, 0) is 15.0 Å². The summed E-state index contributed by atoms with van der Waals surface area (Å²) in [6.45, 7) is 6.27. The quantitative estimate of drug-likeness (QED) is 0.526. The fraction of sp³-hybridized carbons (Fsp3) is 0.517. The maximum Gasteiger partial charge on any atom is 0.251 e. The largest absolute Gasteiger partial charge is 0.391 e. The number of aromatic nitrogens is 1. The van der Waals surface area contributed by atoms with E-state index >= 15 is 0 Å². The maximum absolute atomic E-state index is 14.3. The average Bonchev–Trinajstić information content (AvgIpc) is 3.28. The van der Waals surface area contributed by atoms with Crippen LogP contribution >= 0.6 is 11.6 Å². The minimum atomic E-state index is -1.06. The number of carbonyl (C=O) groups is 2. The zero-order valence-corrected chi connectivity index (χ0v) is 23.0. The van der Waals surface area contributed by atoms with Gasteiger partial charge in [0.05, 0.1) is 23.4 Å². The third-order valence-electron chi connectivity index (χ3n) is 7.46. The molecule has 1 aromatic carbocycles. The number of benzene rings is 1. The first-order valence-corrected chi connectivity index (χ1v) is 13.7. The van der Waals surface area contributed by atoms with Crippen LogP contribution in [-0.4, -0.2) is 51.5 Å². The highest BCUT2D eigenvalue weighted by atomic mass is 35.5. The van der Waals surface area contributed by atoms with E-state index in [0.717, 1.165) is 37.7 Å². The van der Waals surface area contributed by atoms with E-state index in [1.165, 1.54) is 9.80 Å². The molecule has 9 heteroatoms. The topological polar surface area (TPSA) is 110 Å². The number of amides is 2. The van der Waals surface area contributed by atoms with Crippen LogP contribution < -0.4 is 10.2 Å². The number of halogens is 1. The molecule has 2 amide bonds. The van der Waals surface area contributed by atoms with Gasteiger partial charge in [0.15, 0.2) is 6.19 Å². The molecule has 3 unspecified atom stereocenters. The Hall–Kier alpha value is -3.15. The molecule has 2 fully saturated rings. The first-order valence-electron chi connectivity index (χ1n) is 13.3. The lowest BCUT2D eigenvalue weighted by atomic mass is 9.87. The summed E-state index contributed by atoms with van der Waals surface area (Å²) in [5.41, 5.74) is 1.72. The molecular weight excluding hydrogens is 502 g/mol. The van der Waals surface area contributed by atoms with Gasteiger partial charge in [0.2, 0.25) is 5.91 Å². The van der Waals surface area contributed by atoms with Gasteiger partial charge in [0.25, 0.3) is 5.91 Å².